The molecule has 0 radical (unpaired) electrons. The van der Waals surface area contributed by atoms with Gasteiger partial charge >= 0.3 is 6.09 Å². The number of aryl methyl sites for hydroxylation is 2. The molecule has 1 N–H and O–H groups in total. The van der Waals surface area contributed by atoms with Crippen molar-refractivity contribution in [2.24, 2.45) is 0 Å². The van der Waals surface area contributed by atoms with E-state index < -0.39 is 18.0 Å². The monoisotopic (exact) mass is 531 g/mol. The van der Waals surface area contributed by atoms with Gasteiger partial charge in [0.1, 0.15) is 11.1 Å². The van der Waals surface area contributed by atoms with Crippen molar-refractivity contribution in [3.63, 3.8) is 0 Å². The number of anilines is 1. The molecule has 11 heteroatoms. The normalized spacial score (nSPS) is 14.5. The van der Waals surface area contributed by atoms with E-state index in [1.807, 2.05) is 19.1 Å². The number of fused-ring (bicyclic) bond motifs is 4. The lowest BCUT2D eigenvalue weighted by molar-refractivity contribution is 0.190. The first kappa shape index (κ1) is 24.0. The standard InChI is InChI=1S/C27H22FN5O4S/c1-13-6-17(23-20(7-13)31-22(36-3)11-30-23)26-32-21-10-19(28)24-18(25(21)38-26)9-16(37-24)12-33(27(34)35)15-4-5-29-14(2)8-15/h4-8,10-11,16H,9,12H2,1-3H3,(H,34,35)/t16-/m1/s1. The summed E-state index contributed by atoms with van der Waals surface area (Å²) in [7, 11) is 1.54. The molecule has 0 spiro atoms. The highest BCUT2D eigenvalue weighted by Crippen LogP contribution is 2.43. The minimum atomic E-state index is -1.12. The number of benzene rings is 2. The van der Waals surface area contributed by atoms with Crippen LogP contribution in [0.3, 0.4) is 0 Å². The van der Waals surface area contributed by atoms with Crippen molar-refractivity contribution in [1.29, 1.82) is 0 Å². The summed E-state index contributed by atoms with van der Waals surface area (Å²) < 4.78 is 27.1. The van der Waals surface area contributed by atoms with Gasteiger partial charge in [0, 0.05) is 35.5 Å². The Bertz CT molecular complexity index is 1740. The minimum Gasteiger partial charge on any atom is -0.485 e. The molecule has 2 aromatic carbocycles. The third-order valence-corrected chi connectivity index (χ3v) is 7.58. The maximum Gasteiger partial charge on any atom is 0.411 e. The second-order valence-corrected chi connectivity index (χ2v) is 10.1. The van der Waals surface area contributed by atoms with E-state index in [2.05, 4.69) is 15.0 Å². The number of hydrogen-bond donors (Lipinski definition) is 1. The number of ether oxygens (including phenoxy) is 2. The average molecular weight is 532 g/mol. The number of aromatic nitrogens is 4. The van der Waals surface area contributed by atoms with Gasteiger partial charge in [0.05, 0.1) is 46.8 Å². The Morgan fingerprint density at radius 3 is 2.82 bits per heavy atom. The lowest BCUT2D eigenvalue weighted by Crippen LogP contribution is -2.38. The number of amides is 1. The molecule has 3 aromatic heterocycles. The van der Waals surface area contributed by atoms with Gasteiger partial charge in [0.2, 0.25) is 5.88 Å². The molecule has 1 atom stereocenters. The first-order valence-corrected chi connectivity index (χ1v) is 12.7. The summed E-state index contributed by atoms with van der Waals surface area (Å²) in [6.07, 6.45) is 1.79. The summed E-state index contributed by atoms with van der Waals surface area (Å²) in [6.45, 7) is 3.80. The van der Waals surface area contributed by atoms with Gasteiger partial charge in [-0.25, -0.2) is 24.1 Å². The smallest absolute Gasteiger partial charge is 0.411 e. The topological polar surface area (TPSA) is 111 Å². The highest BCUT2D eigenvalue weighted by molar-refractivity contribution is 7.22. The Labute approximate surface area is 220 Å². The fourth-order valence-electron chi connectivity index (χ4n) is 4.75. The lowest BCUT2D eigenvalue weighted by atomic mass is 10.1. The van der Waals surface area contributed by atoms with Crippen molar-refractivity contribution in [3.8, 4) is 22.2 Å². The van der Waals surface area contributed by atoms with Gasteiger partial charge < -0.3 is 14.6 Å². The molecule has 0 bridgehead atoms. The summed E-state index contributed by atoms with van der Waals surface area (Å²) in [5, 5.41) is 10.5. The average Bonchev–Trinajstić information content (AvgIpc) is 3.50. The number of rotatable bonds is 5. The second-order valence-electron chi connectivity index (χ2n) is 9.12. The molecular weight excluding hydrogens is 509 g/mol. The number of halogens is 1. The number of thiazole rings is 1. The van der Waals surface area contributed by atoms with Crippen LogP contribution in [0.15, 0.2) is 42.7 Å². The van der Waals surface area contributed by atoms with E-state index in [0.717, 1.165) is 15.8 Å². The zero-order valence-corrected chi connectivity index (χ0v) is 21.5. The van der Waals surface area contributed by atoms with Gasteiger partial charge in [0.15, 0.2) is 11.6 Å². The highest BCUT2D eigenvalue weighted by atomic mass is 32.1. The van der Waals surface area contributed by atoms with Crippen molar-refractivity contribution < 1.29 is 23.8 Å². The predicted molar refractivity (Wildman–Crippen MR) is 142 cm³/mol. The van der Waals surface area contributed by atoms with Crippen LogP contribution in [0.2, 0.25) is 0 Å². The Balaban J connectivity index is 1.38. The van der Waals surface area contributed by atoms with Crippen LogP contribution in [0.5, 0.6) is 11.6 Å². The van der Waals surface area contributed by atoms with E-state index in [-0.39, 0.29) is 12.3 Å². The van der Waals surface area contributed by atoms with Crippen molar-refractivity contribution in [3.05, 3.63) is 65.4 Å². The summed E-state index contributed by atoms with van der Waals surface area (Å²) in [6, 6.07) is 8.59. The fraction of sp³-hybridized carbons (Fsp3) is 0.222. The summed E-state index contributed by atoms with van der Waals surface area (Å²) in [5.74, 6) is 0.0402. The summed E-state index contributed by atoms with van der Waals surface area (Å²) >= 11 is 1.43. The molecule has 1 aliphatic heterocycles. The Kier molecular flexibility index (Phi) is 5.79. The van der Waals surface area contributed by atoms with E-state index in [9.17, 15) is 9.90 Å². The zero-order valence-electron chi connectivity index (χ0n) is 20.7. The molecule has 4 heterocycles. The van der Waals surface area contributed by atoms with E-state index >= 15 is 4.39 Å². The van der Waals surface area contributed by atoms with Crippen LogP contribution in [0.1, 0.15) is 16.8 Å². The zero-order chi connectivity index (χ0) is 26.6. The molecule has 6 rings (SSSR count). The first-order chi connectivity index (χ1) is 18.3. The molecule has 0 aliphatic carbocycles. The molecule has 38 heavy (non-hydrogen) atoms. The quantitative estimate of drug-likeness (QED) is 0.314. The van der Waals surface area contributed by atoms with Crippen molar-refractivity contribution in [2.45, 2.75) is 26.4 Å². The first-order valence-electron chi connectivity index (χ1n) is 11.8. The van der Waals surface area contributed by atoms with Gasteiger partial charge in [0.25, 0.3) is 0 Å². The molecule has 0 unspecified atom stereocenters. The molecule has 9 nitrogen and oxygen atoms in total. The highest BCUT2D eigenvalue weighted by Gasteiger charge is 2.33. The van der Waals surface area contributed by atoms with Gasteiger partial charge in [-0.05, 0) is 43.7 Å². The molecular formula is C27H22FN5O4S. The number of nitrogens with zero attached hydrogens (tertiary/aromatic N) is 5. The number of methoxy groups -OCH3 is 1. The summed E-state index contributed by atoms with van der Waals surface area (Å²) in [5.41, 5.74) is 5.52. The predicted octanol–water partition coefficient (Wildman–Crippen LogP) is 5.55. The Hall–Kier alpha value is -4.38. The number of carbonyl (C=O) groups is 1. The molecule has 192 valence electrons. The van der Waals surface area contributed by atoms with Gasteiger partial charge in [-0.15, -0.1) is 11.3 Å². The van der Waals surface area contributed by atoms with Gasteiger partial charge in [-0.1, -0.05) is 0 Å². The Morgan fingerprint density at radius 2 is 2.05 bits per heavy atom. The van der Waals surface area contributed by atoms with E-state index in [4.69, 9.17) is 14.5 Å². The molecule has 5 aromatic rings. The van der Waals surface area contributed by atoms with Crippen LogP contribution in [0.25, 0.3) is 31.8 Å². The second kappa shape index (κ2) is 9.18. The molecule has 0 saturated heterocycles. The number of pyridine rings is 1. The van der Waals surface area contributed by atoms with Crippen LogP contribution in [0, 0.1) is 19.7 Å². The van der Waals surface area contributed by atoms with Crippen LogP contribution in [-0.2, 0) is 6.42 Å². The van der Waals surface area contributed by atoms with Crippen LogP contribution in [-0.4, -0.2) is 50.9 Å². The van der Waals surface area contributed by atoms with Crippen LogP contribution >= 0.6 is 11.3 Å². The number of carboxylic acid groups (broad SMARTS) is 1. The molecule has 1 amide bonds. The van der Waals surface area contributed by atoms with Crippen molar-refractivity contribution >= 4 is 44.4 Å². The van der Waals surface area contributed by atoms with E-state index in [1.54, 1.807) is 38.6 Å². The fourth-order valence-corrected chi connectivity index (χ4v) is 5.86. The van der Waals surface area contributed by atoms with Crippen LogP contribution < -0.4 is 14.4 Å². The van der Waals surface area contributed by atoms with Gasteiger partial charge in [-0.2, -0.15) is 0 Å². The van der Waals surface area contributed by atoms with Crippen LogP contribution in [0.4, 0.5) is 14.9 Å². The maximum atomic E-state index is 15.1. The molecule has 1 aliphatic rings. The molecule has 0 saturated carbocycles. The maximum absolute atomic E-state index is 15.1. The third kappa shape index (κ3) is 4.14. The minimum absolute atomic E-state index is 0.0417. The van der Waals surface area contributed by atoms with Gasteiger partial charge in [-0.3, -0.25) is 9.88 Å². The Morgan fingerprint density at radius 1 is 1.21 bits per heavy atom. The SMILES string of the molecule is COc1cnc2c(-c3nc4cc(F)c5c(c4s3)C[C@H](CN(C(=O)O)c3ccnc(C)c3)O5)cc(C)cc2n1. The third-order valence-electron chi connectivity index (χ3n) is 6.42. The number of hydrogen-bond acceptors (Lipinski definition) is 8. The largest absolute Gasteiger partial charge is 0.485 e. The van der Waals surface area contributed by atoms with Crippen molar-refractivity contribution in [1.82, 2.24) is 19.9 Å². The van der Waals surface area contributed by atoms with Crippen molar-refractivity contribution in [2.75, 3.05) is 18.6 Å². The lowest BCUT2D eigenvalue weighted by Gasteiger charge is -2.22. The van der Waals surface area contributed by atoms with E-state index in [1.165, 1.54) is 22.3 Å². The molecule has 0 fully saturated rings. The van der Waals surface area contributed by atoms with E-state index in [0.29, 0.717) is 50.8 Å². The summed E-state index contributed by atoms with van der Waals surface area (Å²) in [4.78, 5) is 31.1.